The van der Waals surface area contributed by atoms with E-state index in [0.29, 0.717) is 18.8 Å². The molecule has 4 rings (SSSR count). The molecule has 0 fully saturated rings. The van der Waals surface area contributed by atoms with Crippen LogP contribution in [0.4, 0.5) is 5.82 Å². The van der Waals surface area contributed by atoms with Crippen molar-refractivity contribution in [1.82, 2.24) is 24.8 Å². The molecule has 0 saturated carbocycles. The first-order chi connectivity index (χ1) is 15.5. The molecule has 1 amide bonds. The van der Waals surface area contributed by atoms with Gasteiger partial charge in [-0.2, -0.15) is 0 Å². The maximum Gasteiger partial charge on any atom is 0.293 e. The Kier molecular flexibility index (Phi) is 6.30. The first kappa shape index (κ1) is 21.3. The maximum absolute atomic E-state index is 12.9. The van der Waals surface area contributed by atoms with E-state index in [1.807, 2.05) is 49.5 Å². The Morgan fingerprint density at radius 3 is 2.72 bits per heavy atom. The van der Waals surface area contributed by atoms with Gasteiger partial charge in [0.15, 0.2) is 5.82 Å². The molecule has 8 heteroatoms. The molecule has 8 nitrogen and oxygen atoms in total. The van der Waals surface area contributed by atoms with Crippen molar-refractivity contribution >= 4 is 22.8 Å². The summed E-state index contributed by atoms with van der Waals surface area (Å²) in [6.07, 6.45) is 5.98. The van der Waals surface area contributed by atoms with Crippen LogP contribution in [0, 0.1) is 13.8 Å². The van der Waals surface area contributed by atoms with E-state index in [9.17, 15) is 9.59 Å². The van der Waals surface area contributed by atoms with Gasteiger partial charge in [0.25, 0.3) is 5.56 Å². The normalized spacial score (nSPS) is 10.9. The van der Waals surface area contributed by atoms with Gasteiger partial charge in [0, 0.05) is 42.8 Å². The van der Waals surface area contributed by atoms with E-state index in [0.717, 1.165) is 28.6 Å². The highest BCUT2D eigenvalue weighted by Crippen LogP contribution is 2.18. The predicted octanol–water partition coefficient (Wildman–Crippen LogP) is 2.71. The molecular formula is C24H26N6O2. The second kappa shape index (κ2) is 9.47. The minimum atomic E-state index is -0.306. The van der Waals surface area contributed by atoms with E-state index < -0.39 is 0 Å². The fourth-order valence-electron chi connectivity index (χ4n) is 3.61. The van der Waals surface area contributed by atoms with Crippen LogP contribution in [0.1, 0.15) is 22.4 Å². The van der Waals surface area contributed by atoms with Gasteiger partial charge in [-0.1, -0.05) is 30.3 Å². The molecule has 0 aliphatic rings. The van der Waals surface area contributed by atoms with Crippen LogP contribution in [-0.4, -0.2) is 32.0 Å². The molecule has 4 aromatic rings. The molecular weight excluding hydrogens is 404 g/mol. The van der Waals surface area contributed by atoms with Gasteiger partial charge in [-0.3, -0.25) is 14.2 Å². The van der Waals surface area contributed by atoms with Gasteiger partial charge in [-0.05, 0) is 43.0 Å². The van der Waals surface area contributed by atoms with Crippen LogP contribution in [0.25, 0.3) is 11.0 Å². The average Bonchev–Trinajstić information content (AvgIpc) is 3.28. The Labute approximate surface area is 185 Å². The Bertz CT molecular complexity index is 1290. The molecule has 32 heavy (non-hydrogen) atoms. The maximum atomic E-state index is 12.9. The lowest BCUT2D eigenvalue weighted by molar-refractivity contribution is -0.121. The molecule has 0 spiro atoms. The largest absolute Gasteiger partial charge is 0.365 e. The molecule has 0 aliphatic heterocycles. The third kappa shape index (κ3) is 4.69. The number of hydrogen-bond acceptors (Lipinski definition) is 5. The summed E-state index contributed by atoms with van der Waals surface area (Å²) in [7, 11) is 0. The second-order valence-electron chi connectivity index (χ2n) is 7.73. The minimum Gasteiger partial charge on any atom is -0.365 e. The summed E-state index contributed by atoms with van der Waals surface area (Å²) >= 11 is 0. The lowest BCUT2D eigenvalue weighted by Gasteiger charge is -2.13. The summed E-state index contributed by atoms with van der Waals surface area (Å²) in [4.78, 5) is 37.1. The zero-order chi connectivity index (χ0) is 22.5. The standard InChI is InChI=1S/C24H26N6O2/c1-16-12-28-23(26-10-8-18-6-4-3-5-7-18)24(32)30(16)15-21(31)27-13-19-14-29-22-20(17(19)2)9-11-25-22/h3-7,9,11-12,14H,8,10,13,15H2,1-2H3,(H,25,29)(H,26,28)(H,27,31). The molecule has 0 atom stereocenters. The Morgan fingerprint density at radius 2 is 1.91 bits per heavy atom. The fourth-order valence-corrected chi connectivity index (χ4v) is 3.61. The number of pyridine rings is 1. The molecule has 0 bridgehead atoms. The van der Waals surface area contributed by atoms with Crippen molar-refractivity contribution < 1.29 is 4.79 Å². The zero-order valence-electron chi connectivity index (χ0n) is 18.2. The molecule has 0 radical (unpaired) electrons. The number of fused-ring (bicyclic) bond motifs is 1. The molecule has 0 saturated heterocycles. The number of nitrogens with one attached hydrogen (secondary N) is 3. The molecule has 0 aliphatic carbocycles. The number of aromatic nitrogens is 4. The third-order valence-corrected chi connectivity index (χ3v) is 5.54. The number of hydrogen-bond donors (Lipinski definition) is 3. The van der Waals surface area contributed by atoms with Crippen LogP contribution in [0.2, 0.25) is 0 Å². The SMILES string of the molecule is Cc1c(CNC(=O)Cn2c(C)cnc(NCCc3ccccc3)c2=O)cnc2[nH]ccc12. The van der Waals surface area contributed by atoms with Crippen molar-refractivity contribution in [1.29, 1.82) is 0 Å². The van der Waals surface area contributed by atoms with Crippen LogP contribution in [0.15, 0.2) is 59.8 Å². The Balaban J connectivity index is 1.39. The van der Waals surface area contributed by atoms with Crippen molar-refractivity contribution in [2.24, 2.45) is 0 Å². The Morgan fingerprint density at radius 1 is 1.09 bits per heavy atom. The first-order valence-corrected chi connectivity index (χ1v) is 10.6. The van der Waals surface area contributed by atoms with Gasteiger partial charge < -0.3 is 15.6 Å². The monoisotopic (exact) mass is 430 g/mol. The van der Waals surface area contributed by atoms with E-state index in [1.54, 1.807) is 19.3 Å². The minimum absolute atomic E-state index is 0.0700. The summed E-state index contributed by atoms with van der Waals surface area (Å²) in [5.74, 6) is 0.00230. The third-order valence-electron chi connectivity index (χ3n) is 5.54. The van der Waals surface area contributed by atoms with Crippen LogP contribution in [0.5, 0.6) is 0 Å². The van der Waals surface area contributed by atoms with Gasteiger partial charge in [0.1, 0.15) is 12.2 Å². The summed E-state index contributed by atoms with van der Waals surface area (Å²) in [5, 5.41) is 7.02. The lowest BCUT2D eigenvalue weighted by Crippen LogP contribution is -2.34. The number of amides is 1. The number of H-pyrrole nitrogens is 1. The number of carbonyl (C=O) groups excluding carboxylic acids is 1. The van der Waals surface area contributed by atoms with Crippen LogP contribution in [0.3, 0.4) is 0 Å². The zero-order valence-corrected chi connectivity index (χ0v) is 18.2. The van der Waals surface area contributed by atoms with Crippen molar-refractivity contribution in [3.63, 3.8) is 0 Å². The second-order valence-corrected chi connectivity index (χ2v) is 7.73. The molecule has 1 aromatic carbocycles. The highest BCUT2D eigenvalue weighted by molar-refractivity contribution is 5.80. The fraction of sp³-hybridized carbons (Fsp3) is 0.250. The highest BCUT2D eigenvalue weighted by atomic mass is 16.2. The summed E-state index contributed by atoms with van der Waals surface area (Å²) in [6, 6.07) is 12.0. The number of aromatic amines is 1. The molecule has 3 N–H and O–H groups in total. The number of benzene rings is 1. The number of anilines is 1. The molecule has 164 valence electrons. The number of aryl methyl sites for hydroxylation is 2. The van der Waals surface area contributed by atoms with E-state index in [1.165, 1.54) is 10.1 Å². The number of rotatable bonds is 8. The van der Waals surface area contributed by atoms with Crippen molar-refractivity contribution in [2.75, 3.05) is 11.9 Å². The Hall–Kier alpha value is -3.94. The van der Waals surface area contributed by atoms with Gasteiger partial charge >= 0.3 is 0 Å². The van der Waals surface area contributed by atoms with Gasteiger partial charge in [-0.25, -0.2) is 9.97 Å². The van der Waals surface area contributed by atoms with Crippen LogP contribution < -0.4 is 16.2 Å². The van der Waals surface area contributed by atoms with E-state index in [4.69, 9.17) is 0 Å². The molecule has 3 heterocycles. The predicted molar refractivity (Wildman–Crippen MR) is 125 cm³/mol. The lowest BCUT2D eigenvalue weighted by atomic mass is 10.1. The van der Waals surface area contributed by atoms with Crippen LogP contribution in [-0.2, 0) is 24.3 Å². The molecule has 0 unspecified atom stereocenters. The van der Waals surface area contributed by atoms with Gasteiger partial charge in [0.05, 0.1) is 0 Å². The van der Waals surface area contributed by atoms with Crippen molar-refractivity contribution in [3.8, 4) is 0 Å². The van der Waals surface area contributed by atoms with E-state index >= 15 is 0 Å². The highest BCUT2D eigenvalue weighted by Gasteiger charge is 2.12. The van der Waals surface area contributed by atoms with Gasteiger partial charge in [-0.15, -0.1) is 0 Å². The number of carbonyl (C=O) groups is 1. The summed E-state index contributed by atoms with van der Waals surface area (Å²) in [5.41, 5.74) is 4.33. The van der Waals surface area contributed by atoms with Gasteiger partial charge in [0.2, 0.25) is 5.91 Å². The topological polar surface area (TPSA) is 105 Å². The quantitative estimate of drug-likeness (QED) is 0.399. The van der Waals surface area contributed by atoms with Crippen LogP contribution >= 0.6 is 0 Å². The molecule has 3 aromatic heterocycles. The summed E-state index contributed by atoms with van der Waals surface area (Å²) in [6.45, 7) is 4.63. The van der Waals surface area contributed by atoms with E-state index in [-0.39, 0.29) is 23.8 Å². The van der Waals surface area contributed by atoms with E-state index in [2.05, 4.69) is 25.6 Å². The average molecular weight is 431 g/mol. The number of nitrogens with zero attached hydrogens (tertiary/aromatic N) is 3. The smallest absolute Gasteiger partial charge is 0.293 e. The van der Waals surface area contributed by atoms with Crippen molar-refractivity contribution in [2.45, 2.75) is 33.4 Å². The first-order valence-electron chi connectivity index (χ1n) is 10.6. The van der Waals surface area contributed by atoms with Crippen molar-refractivity contribution in [3.05, 3.63) is 87.7 Å². The summed E-state index contributed by atoms with van der Waals surface area (Å²) < 4.78 is 1.44.